The molecule has 0 radical (unpaired) electrons. The average molecular weight is 451 g/mol. The molecule has 1 N–H and O–H groups in total. The Kier molecular flexibility index (Phi) is 7.88. The molecule has 8 heteroatoms. The fourth-order valence-corrected chi connectivity index (χ4v) is 4.92. The first-order valence-corrected chi connectivity index (χ1v) is 11.8. The van der Waals surface area contributed by atoms with Crippen LogP contribution in [0.3, 0.4) is 0 Å². The van der Waals surface area contributed by atoms with Crippen molar-refractivity contribution < 1.29 is 9.63 Å². The van der Waals surface area contributed by atoms with E-state index in [1.54, 1.807) is 19.5 Å². The summed E-state index contributed by atoms with van der Waals surface area (Å²) in [6, 6.07) is 8.09. The Morgan fingerprint density at radius 3 is 2.42 bits per heavy atom. The third-order valence-corrected chi connectivity index (χ3v) is 6.78. The molecule has 1 amide bonds. The standard InChI is InChI=1S/C25H34N6O2/c1-26-23-17-19(3-12-28-23)18-30-13-6-22(7-14-30)25(32)31-15-8-21(9-16-31)24(29-33-2)20-4-10-27-11-5-20/h3-5,10-12,17,21-22H,6-9,13-16,18H2,1-2H3,(H,26,28)/b29-24+. The number of oxime groups is 1. The molecular formula is C25H34N6O2. The molecule has 2 aliphatic rings. The third-order valence-electron chi connectivity index (χ3n) is 6.78. The third kappa shape index (κ3) is 5.87. The lowest BCUT2D eigenvalue weighted by atomic mass is 9.87. The van der Waals surface area contributed by atoms with E-state index < -0.39 is 0 Å². The smallest absolute Gasteiger partial charge is 0.225 e. The molecule has 4 rings (SSSR count). The van der Waals surface area contributed by atoms with E-state index in [4.69, 9.17) is 4.84 Å². The van der Waals surface area contributed by atoms with Gasteiger partial charge in [0, 0.05) is 62.7 Å². The van der Waals surface area contributed by atoms with E-state index >= 15 is 0 Å². The van der Waals surface area contributed by atoms with Crippen molar-refractivity contribution in [2.75, 3.05) is 45.7 Å². The van der Waals surface area contributed by atoms with E-state index in [0.29, 0.717) is 11.8 Å². The number of carbonyl (C=O) groups excluding carboxylic acids is 1. The number of nitrogens with zero attached hydrogens (tertiary/aromatic N) is 5. The van der Waals surface area contributed by atoms with Gasteiger partial charge in [0.1, 0.15) is 12.9 Å². The summed E-state index contributed by atoms with van der Waals surface area (Å²) in [7, 11) is 3.47. The fourth-order valence-electron chi connectivity index (χ4n) is 4.92. The largest absolute Gasteiger partial charge is 0.399 e. The molecular weight excluding hydrogens is 416 g/mol. The van der Waals surface area contributed by atoms with Gasteiger partial charge in [0.2, 0.25) is 5.91 Å². The normalized spacial score (nSPS) is 18.8. The average Bonchev–Trinajstić information content (AvgIpc) is 2.88. The summed E-state index contributed by atoms with van der Waals surface area (Å²) in [5.74, 6) is 1.64. The van der Waals surface area contributed by atoms with Crippen molar-refractivity contribution in [2.24, 2.45) is 17.0 Å². The minimum atomic E-state index is 0.135. The number of nitrogens with one attached hydrogen (secondary N) is 1. The zero-order valence-electron chi connectivity index (χ0n) is 19.6. The Hall–Kier alpha value is -3.00. The van der Waals surface area contributed by atoms with E-state index in [1.165, 1.54) is 5.56 Å². The first kappa shape index (κ1) is 23.2. The Morgan fingerprint density at radius 1 is 1.06 bits per heavy atom. The molecule has 4 heterocycles. The first-order chi connectivity index (χ1) is 16.2. The van der Waals surface area contributed by atoms with Crippen LogP contribution in [0.1, 0.15) is 36.8 Å². The van der Waals surface area contributed by atoms with E-state index in [0.717, 1.165) is 75.5 Å². The minimum absolute atomic E-state index is 0.135. The number of carbonyl (C=O) groups is 1. The van der Waals surface area contributed by atoms with Crippen LogP contribution < -0.4 is 5.32 Å². The molecule has 0 atom stereocenters. The fraction of sp³-hybridized carbons (Fsp3) is 0.520. The van der Waals surface area contributed by atoms with Crippen molar-refractivity contribution in [2.45, 2.75) is 32.2 Å². The number of amides is 1. The van der Waals surface area contributed by atoms with Gasteiger partial charge in [-0.3, -0.25) is 14.7 Å². The maximum Gasteiger partial charge on any atom is 0.225 e. The van der Waals surface area contributed by atoms with Gasteiger partial charge in [-0.25, -0.2) is 4.98 Å². The summed E-state index contributed by atoms with van der Waals surface area (Å²) < 4.78 is 0. The number of piperidine rings is 2. The quantitative estimate of drug-likeness (QED) is 0.516. The molecule has 0 unspecified atom stereocenters. The topological polar surface area (TPSA) is 83.0 Å². The molecule has 2 aromatic heterocycles. The highest BCUT2D eigenvalue weighted by molar-refractivity contribution is 6.02. The molecule has 2 aromatic rings. The second kappa shape index (κ2) is 11.2. The van der Waals surface area contributed by atoms with Crippen LogP contribution in [0.2, 0.25) is 0 Å². The number of anilines is 1. The first-order valence-electron chi connectivity index (χ1n) is 11.8. The zero-order valence-corrected chi connectivity index (χ0v) is 19.6. The number of likely N-dealkylation sites (tertiary alicyclic amines) is 2. The van der Waals surface area contributed by atoms with Crippen LogP contribution in [-0.2, 0) is 16.2 Å². The van der Waals surface area contributed by atoms with Crippen LogP contribution in [-0.4, -0.2) is 71.7 Å². The predicted molar refractivity (Wildman–Crippen MR) is 129 cm³/mol. The van der Waals surface area contributed by atoms with Crippen LogP contribution in [0.25, 0.3) is 0 Å². The monoisotopic (exact) mass is 450 g/mol. The van der Waals surface area contributed by atoms with E-state index in [-0.39, 0.29) is 5.92 Å². The number of hydrogen-bond donors (Lipinski definition) is 1. The van der Waals surface area contributed by atoms with Gasteiger partial charge in [0.05, 0.1) is 5.71 Å². The summed E-state index contributed by atoms with van der Waals surface area (Å²) in [6.45, 7) is 4.37. The van der Waals surface area contributed by atoms with Gasteiger partial charge in [-0.15, -0.1) is 0 Å². The Bertz CT molecular complexity index is 935. The highest BCUT2D eigenvalue weighted by atomic mass is 16.6. The Labute approximate surface area is 196 Å². The second-order valence-corrected chi connectivity index (χ2v) is 8.84. The van der Waals surface area contributed by atoms with Gasteiger partial charge in [-0.05, 0) is 68.6 Å². The Morgan fingerprint density at radius 2 is 1.76 bits per heavy atom. The molecule has 2 fully saturated rings. The number of aromatic nitrogens is 2. The summed E-state index contributed by atoms with van der Waals surface area (Å²) in [5, 5.41) is 7.40. The number of pyridine rings is 2. The number of hydrogen-bond acceptors (Lipinski definition) is 7. The van der Waals surface area contributed by atoms with Crippen LogP contribution in [0.5, 0.6) is 0 Å². The minimum Gasteiger partial charge on any atom is -0.399 e. The summed E-state index contributed by atoms with van der Waals surface area (Å²) in [6.07, 6.45) is 9.07. The molecule has 0 saturated carbocycles. The maximum absolute atomic E-state index is 13.2. The Balaban J connectivity index is 1.27. The molecule has 0 aromatic carbocycles. The van der Waals surface area contributed by atoms with Crippen molar-refractivity contribution >= 4 is 17.4 Å². The van der Waals surface area contributed by atoms with Gasteiger partial charge >= 0.3 is 0 Å². The van der Waals surface area contributed by atoms with Gasteiger partial charge in [-0.1, -0.05) is 5.16 Å². The van der Waals surface area contributed by atoms with E-state index in [2.05, 4.69) is 42.4 Å². The molecule has 33 heavy (non-hydrogen) atoms. The van der Waals surface area contributed by atoms with Gasteiger partial charge in [0.15, 0.2) is 0 Å². The lowest BCUT2D eigenvalue weighted by molar-refractivity contribution is -0.138. The molecule has 0 aliphatic carbocycles. The van der Waals surface area contributed by atoms with Crippen molar-refractivity contribution in [1.82, 2.24) is 19.8 Å². The SMILES string of the molecule is CNc1cc(CN2CCC(C(=O)N3CCC(/C(=N/OC)c4ccncc4)CC3)CC2)ccn1. The molecule has 2 saturated heterocycles. The maximum atomic E-state index is 13.2. The zero-order chi connectivity index (χ0) is 23.0. The summed E-state index contributed by atoms with van der Waals surface area (Å²) >= 11 is 0. The van der Waals surface area contributed by atoms with Crippen molar-refractivity contribution in [3.8, 4) is 0 Å². The highest BCUT2D eigenvalue weighted by Crippen LogP contribution is 2.27. The molecule has 0 spiro atoms. The second-order valence-electron chi connectivity index (χ2n) is 8.84. The van der Waals surface area contributed by atoms with E-state index in [1.807, 2.05) is 25.4 Å². The van der Waals surface area contributed by atoms with Crippen molar-refractivity contribution in [3.63, 3.8) is 0 Å². The lowest BCUT2D eigenvalue weighted by Gasteiger charge is -2.37. The molecule has 0 bridgehead atoms. The van der Waals surface area contributed by atoms with E-state index in [9.17, 15) is 4.79 Å². The van der Waals surface area contributed by atoms with Crippen LogP contribution in [0.15, 0.2) is 48.0 Å². The number of rotatable bonds is 7. The van der Waals surface area contributed by atoms with Crippen LogP contribution in [0.4, 0.5) is 5.82 Å². The van der Waals surface area contributed by atoms with Crippen molar-refractivity contribution in [3.05, 3.63) is 54.0 Å². The molecule has 176 valence electrons. The highest BCUT2D eigenvalue weighted by Gasteiger charge is 2.32. The lowest BCUT2D eigenvalue weighted by Crippen LogP contribution is -2.46. The summed E-state index contributed by atoms with van der Waals surface area (Å²) in [5.41, 5.74) is 3.25. The molecule has 8 nitrogen and oxygen atoms in total. The van der Waals surface area contributed by atoms with Gasteiger partial charge in [0.25, 0.3) is 0 Å². The van der Waals surface area contributed by atoms with Gasteiger partial charge < -0.3 is 15.1 Å². The molecule has 2 aliphatic heterocycles. The summed E-state index contributed by atoms with van der Waals surface area (Å²) in [4.78, 5) is 31.2. The predicted octanol–water partition coefficient (Wildman–Crippen LogP) is 3.02. The van der Waals surface area contributed by atoms with Crippen LogP contribution in [0, 0.1) is 11.8 Å². The van der Waals surface area contributed by atoms with Crippen molar-refractivity contribution in [1.29, 1.82) is 0 Å². The van der Waals surface area contributed by atoms with Crippen LogP contribution >= 0.6 is 0 Å². The van der Waals surface area contributed by atoms with Gasteiger partial charge in [-0.2, -0.15) is 0 Å².